The van der Waals surface area contributed by atoms with E-state index in [4.69, 9.17) is 12.2 Å². The van der Waals surface area contributed by atoms with E-state index in [0.717, 1.165) is 39.8 Å². The Labute approximate surface area is 216 Å². The summed E-state index contributed by atoms with van der Waals surface area (Å²) in [5.41, 5.74) is 9.06. The smallest absolute Gasteiger partial charge is 0.0772 e. The van der Waals surface area contributed by atoms with Gasteiger partial charge in [-0.15, -0.1) is 0 Å². The Balaban J connectivity index is 1.40. The van der Waals surface area contributed by atoms with Gasteiger partial charge in [-0.2, -0.15) is 4.99 Å². The number of nitrogens with zero attached hydrogens (tertiary/aromatic N) is 1. The zero-order chi connectivity index (χ0) is 24.6. The van der Waals surface area contributed by atoms with Gasteiger partial charge in [-0.1, -0.05) is 74.4 Å². The summed E-state index contributed by atoms with van der Waals surface area (Å²) in [5.74, 6) is 8.33. The highest BCUT2D eigenvalue weighted by Crippen LogP contribution is 2.38. The van der Waals surface area contributed by atoms with E-state index in [1.807, 2.05) is 13.0 Å². The number of hydrogen-bond acceptors (Lipinski definition) is 2. The fraction of sp³-hybridized carbons (Fsp3) is 0.364. The van der Waals surface area contributed by atoms with E-state index in [1.54, 1.807) is 0 Å². The van der Waals surface area contributed by atoms with Crippen molar-refractivity contribution < 1.29 is 0 Å². The van der Waals surface area contributed by atoms with Crippen molar-refractivity contribution >= 4 is 23.1 Å². The molecule has 1 nitrogen and oxygen atoms in total. The largest absolute Gasteiger partial charge is 0.194 e. The van der Waals surface area contributed by atoms with Gasteiger partial charge in [0.05, 0.1) is 10.8 Å². The predicted octanol–water partition coefficient (Wildman–Crippen LogP) is 9.57. The molecule has 1 fully saturated rings. The minimum atomic E-state index is 0.738. The van der Waals surface area contributed by atoms with Crippen molar-refractivity contribution in [1.29, 1.82) is 0 Å². The van der Waals surface area contributed by atoms with Crippen molar-refractivity contribution in [2.45, 2.75) is 71.6 Å². The monoisotopic (exact) mass is 477 g/mol. The van der Waals surface area contributed by atoms with Crippen LogP contribution in [0.1, 0.15) is 85.6 Å². The average Bonchev–Trinajstić information content (AvgIpc) is 2.89. The zero-order valence-corrected chi connectivity index (χ0v) is 22.0. The Morgan fingerprint density at radius 2 is 1.49 bits per heavy atom. The van der Waals surface area contributed by atoms with Crippen LogP contribution in [-0.2, 0) is 0 Å². The number of aryl methyl sites for hydroxylation is 2. The van der Waals surface area contributed by atoms with Crippen molar-refractivity contribution in [1.82, 2.24) is 0 Å². The van der Waals surface area contributed by atoms with Crippen LogP contribution in [0.5, 0.6) is 0 Å². The molecule has 0 amide bonds. The van der Waals surface area contributed by atoms with Gasteiger partial charge in [-0.05, 0) is 116 Å². The molecular formula is C33H35NS. The second-order valence-electron chi connectivity index (χ2n) is 9.97. The van der Waals surface area contributed by atoms with Crippen LogP contribution < -0.4 is 0 Å². The van der Waals surface area contributed by atoms with Gasteiger partial charge in [0, 0.05) is 11.1 Å². The molecule has 0 spiro atoms. The standard InChI is InChI=1S/C33H35NS/c1-4-5-6-26-7-12-28(13-8-26)30-17-19-31(20-18-30)29-14-9-27(10-15-29)11-16-32-21-25(3)33(34-23-35)22-24(32)2/h9-10,14-15,17-22,26,28H,4-8,12-13H2,1-3H3. The highest BCUT2D eigenvalue weighted by molar-refractivity contribution is 7.78. The van der Waals surface area contributed by atoms with Gasteiger partial charge < -0.3 is 0 Å². The van der Waals surface area contributed by atoms with Crippen LogP contribution in [0.2, 0.25) is 0 Å². The van der Waals surface area contributed by atoms with Crippen LogP contribution in [0, 0.1) is 31.6 Å². The van der Waals surface area contributed by atoms with E-state index < -0.39 is 0 Å². The summed E-state index contributed by atoms with van der Waals surface area (Å²) in [7, 11) is 0. The van der Waals surface area contributed by atoms with Crippen molar-refractivity contribution in [3.8, 4) is 23.0 Å². The maximum Gasteiger partial charge on any atom is 0.0772 e. The minimum absolute atomic E-state index is 0.738. The Morgan fingerprint density at radius 1 is 0.829 bits per heavy atom. The molecule has 3 aromatic rings. The minimum Gasteiger partial charge on any atom is -0.194 e. The molecule has 4 rings (SSSR count). The molecule has 0 bridgehead atoms. The van der Waals surface area contributed by atoms with Gasteiger partial charge in [0.1, 0.15) is 0 Å². The lowest BCUT2D eigenvalue weighted by molar-refractivity contribution is 0.304. The number of isothiocyanates is 1. The van der Waals surface area contributed by atoms with E-state index >= 15 is 0 Å². The Bertz CT molecular complexity index is 1240. The molecule has 0 aliphatic heterocycles. The molecule has 35 heavy (non-hydrogen) atoms. The molecule has 0 saturated heterocycles. The highest BCUT2D eigenvalue weighted by Gasteiger charge is 2.21. The fourth-order valence-electron chi connectivity index (χ4n) is 5.22. The van der Waals surface area contributed by atoms with Gasteiger partial charge in [0.25, 0.3) is 0 Å². The van der Waals surface area contributed by atoms with E-state index in [9.17, 15) is 0 Å². The molecule has 0 aromatic heterocycles. The van der Waals surface area contributed by atoms with Crippen LogP contribution in [0.15, 0.2) is 65.7 Å². The summed E-state index contributed by atoms with van der Waals surface area (Å²) < 4.78 is 0. The number of unbranched alkanes of at least 4 members (excludes halogenated alkanes) is 1. The molecule has 1 aliphatic rings. The fourth-order valence-corrected chi connectivity index (χ4v) is 5.31. The van der Waals surface area contributed by atoms with Gasteiger partial charge in [-0.3, -0.25) is 0 Å². The van der Waals surface area contributed by atoms with Gasteiger partial charge in [0.15, 0.2) is 0 Å². The first-order valence-electron chi connectivity index (χ1n) is 13.0. The van der Waals surface area contributed by atoms with Gasteiger partial charge in [-0.25, -0.2) is 0 Å². The van der Waals surface area contributed by atoms with E-state index in [0.29, 0.717) is 0 Å². The van der Waals surface area contributed by atoms with Crippen molar-refractivity contribution in [3.63, 3.8) is 0 Å². The molecule has 0 heterocycles. The lowest BCUT2D eigenvalue weighted by Gasteiger charge is -2.29. The molecule has 1 aliphatic carbocycles. The number of hydrogen-bond donors (Lipinski definition) is 0. The summed E-state index contributed by atoms with van der Waals surface area (Å²) in [4.78, 5) is 4.13. The third-order valence-corrected chi connectivity index (χ3v) is 7.55. The summed E-state index contributed by atoms with van der Waals surface area (Å²) in [5, 5.41) is 2.45. The first-order chi connectivity index (χ1) is 17.1. The lowest BCUT2D eigenvalue weighted by Crippen LogP contribution is -2.13. The number of thiocarbonyl (C=S) groups is 1. The summed E-state index contributed by atoms with van der Waals surface area (Å²) in [6, 6.07) is 21.9. The van der Waals surface area contributed by atoms with Crippen molar-refractivity contribution in [2.24, 2.45) is 10.9 Å². The number of rotatable bonds is 6. The molecule has 0 radical (unpaired) electrons. The highest BCUT2D eigenvalue weighted by atomic mass is 32.1. The topological polar surface area (TPSA) is 12.4 Å². The SMILES string of the molecule is CCCCC1CCC(c2ccc(-c3ccc(C#Cc4cc(C)c(N=C=S)cc4C)cc3)cc2)CC1. The maximum absolute atomic E-state index is 4.74. The second-order valence-corrected chi connectivity index (χ2v) is 10.1. The third-order valence-electron chi connectivity index (χ3n) is 7.46. The Kier molecular flexibility index (Phi) is 8.70. The average molecular weight is 478 g/mol. The molecule has 1 saturated carbocycles. The molecular weight excluding hydrogens is 442 g/mol. The quantitative estimate of drug-likeness (QED) is 0.195. The Morgan fingerprint density at radius 3 is 2.11 bits per heavy atom. The summed E-state index contributed by atoms with van der Waals surface area (Å²) in [6.07, 6.45) is 9.65. The predicted molar refractivity (Wildman–Crippen MR) is 153 cm³/mol. The number of aliphatic imine (C=N–C) groups is 1. The van der Waals surface area contributed by atoms with E-state index in [1.165, 1.54) is 61.6 Å². The molecule has 0 N–H and O–H groups in total. The van der Waals surface area contributed by atoms with Crippen LogP contribution in [0.25, 0.3) is 11.1 Å². The first-order valence-corrected chi connectivity index (χ1v) is 13.4. The van der Waals surface area contributed by atoms with E-state index in [2.05, 4.69) is 90.4 Å². The summed E-state index contributed by atoms with van der Waals surface area (Å²) in [6.45, 7) is 6.38. The maximum atomic E-state index is 4.74. The first kappa shape index (κ1) is 25.1. The molecule has 0 unspecified atom stereocenters. The zero-order valence-electron chi connectivity index (χ0n) is 21.2. The van der Waals surface area contributed by atoms with Crippen LogP contribution in [-0.4, -0.2) is 5.16 Å². The van der Waals surface area contributed by atoms with Crippen molar-refractivity contribution in [3.05, 3.63) is 88.5 Å². The van der Waals surface area contributed by atoms with Gasteiger partial charge in [0.2, 0.25) is 0 Å². The molecule has 178 valence electrons. The van der Waals surface area contributed by atoms with Crippen LogP contribution in [0.4, 0.5) is 5.69 Å². The van der Waals surface area contributed by atoms with Crippen molar-refractivity contribution in [2.75, 3.05) is 0 Å². The van der Waals surface area contributed by atoms with E-state index in [-0.39, 0.29) is 0 Å². The van der Waals surface area contributed by atoms with Crippen LogP contribution >= 0.6 is 12.2 Å². The normalized spacial score (nSPS) is 17.2. The van der Waals surface area contributed by atoms with Crippen LogP contribution in [0.3, 0.4) is 0 Å². The number of benzene rings is 3. The third kappa shape index (κ3) is 6.58. The molecule has 3 aromatic carbocycles. The molecule has 2 heteroatoms. The lowest BCUT2D eigenvalue weighted by atomic mass is 9.77. The summed E-state index contributed by atoms with van der Waals surface area (Å²) >= 11 is 4.74. The Hall–Kier alpha value is -2.98. The molecule has 0 atom stereocenters. The second kappa shape index (κ2) is 12.1. The van der Waals surface area contributed by atoms with Gasteiger partial charge >= 0.3 is 0 Å².